The summed E-state index contributed by atoms with van der Waals surface area (Å²) >= 11 is 1.81. The molecule has 2 aliphatic rings. The Kier molecular flexibility index (Phi) is 20.5. The third kappa shape index (κ3) is 14.4. The van der Waals surface area contributed by atoms with Gasteiger partial charge in [-0.05, 0) is 76.4 Å². The zero-order valence-corrected chi connectivity index (χ0v) is 24.4. The van der Waals surface area contributed by atoms with Crippen LogP contribution in [-0.4, -0.2) is 24.3 Å². The second-order valence-electron chi connectivity index (χ2n) is 9.34. The lowest BCUT2D eigenvalue weighted by molar-refractivity contribution is 0.411. The van der Waals surface area contributed by atoms with E-state index in [1.807, 2.05) is 37.8 Å². The van der Waals surface area contributed by atoms with Crippen molar-refractivity contribution in [2.75, 3.05) is 24.3 Å². The molecule has 5 atom stereocenters. The first-order chi connectivity index (χ1) is 15.0. The second kappa shape index (κ2) is 19.7. The predicted molar refractivity (Wildman–Crippen MR) is 159 cm³/mol. The predicted octanol–water partition coefficient (Wildman–Crippen LogP) is 10.1. The van der Waals surface area contributed by atoms with Gasteiger partial charge in [-0.1, -0.05) is 94.5 Å². The Morgan fingerprint density at radius 1 is 1.25 bits per heavy atom. The first-order valence-corrected chi connectivity index (χ1v) is 14.9. The van der Waals surface area contributed by atoms with Crippen LogP contribution >= 0.6 is 20.3 Å². The van der Waals surface area contributed by atoms with Crippen molar-refractivity contribution < 1.29 is 0 Å². The largest absolute Gasteiger partial charge is 0.161 e. The Balaban J connectivity index is 0. The molecule has 0 aromatic carbocycles. The van der Waals surface area contributed by atoms with Gasteiger partial charge in [-0.3, -0.25) is 0 Å². The van der Waals surface area contributed by atoms with Crippen molar-refractivity contribution >= 4 is 20.3 Å². The van der Waals surface area contributed by atoms with E-state index >= 15 is 0 Å². The minimum absolute atomic E-state index is 0.240. The summed E-state index contributed by atoms with van der Waals surface area (Å²) in [6, 6.07) is 0. The average Bonchev–Trinajstić information content (AvgIpc) is 3.38. The fraction of sp³-hybridized carbons (Fsp3) is 0.600. The molecule has 1 aliphatic heterocycles. The molecule has 0 N–H and O–H groups in total. The molecule has 0 aromatic heterocycles. The van der Waals surface area contributed by atoms with Crippen LogP contribution in [0.5, 0.6) is 0 Å². The quantitative estimate of drug-likeness (QED) is 0.200. The molecule has 0 amide bonds. The maximum atomic E-state index is 4.16. The van der Waals surface area contributed by atoms with E-state index in [1.165, 1.54) is 51.3 Å². The van der Waals surface area contributed by atoms with Crippen LogP contribution < -0.4 is 0 Å². The monoisotopic (exact) mass is 476 g/mol. The molecule has 32 heavy (non-hydrogen) atoms. The second-order valence-corrected chi connectivity index (χ2v) is 11.6. The Morgan fingerprint density at radius 2 is 1.88 bits per heavy atom. The lowest BCUT2D eigenvalue weighted by atomic mass is 9.71. The summed E-state index contributed by atoms with van der Waals surface area (Å²) in [4.78, 5) is 0. The number of hydrogen-bond acceptors (Lipinski definition) is 1. The first kappa shape index (κ1) is 33.4. The highest BCUT2D eigenvalue weighted by Crippen LogP contribution is 2.46. The van der Waals surface area contributed by atoms with Crippen LogP contribution in [0.15, 0.2) is 73.4 Å². The zero-order chi connectivity index (χ0) is 25.2. The lowest BCUT2D eigenvalue weighted by Gasteiger charge is -2.33. The van der Waals surface area contributed by atoms with Gasteiger partial charge in [0, 0.05) is 11.2 Å². The number of rotatable bonds is 7. The topological polar surface area (TPSA) is 0 Å². The molecule has 2 rings (SSSR count). The van der Waals surface area contributed by atoms with Gasteiger partial charge < -0.3 is 0 Å². The van der Waals surface area contributed by atoms with Gasteiger partial charge in [0.15, 0.2) is 0 Å². The third-order valence-electron chi connectivity index (χ3n) is 6.16. The summed E-state index contributed by atoms with van der Waals surface area (Å²) in [5.74, 6) is 3.47. The van der Waals surface area contributed by atoms with Gasteiger partial charge in [-0.2, -0.15) is 11.8 Å². The van der Waals surface area contributed by atoms with Gasteiger partial charge in [0.05, 0.1) is 0 Å². The smallest absolute Gasteiger partial charge is 0.0135 e. The summed E-state index contributed by atoms with van der Waals surface area (Å²) in [5.41, 5.74) is 4.43. The highest BCUT2D eigenvalue weighted by Gasteiger charge is 2.34. The van der Waals surface area contributed by atoms with Crippen LogP contribution in [-0.2, 0) is 0 Å². The van der Waals surface area contributed by atoms with Gasteiger partial charge in [0.2, 0.25) is 0 Å². The summed E-state index contributed by atoms with van der Waals surface area (Å²) in [6.07, 6.45) is 19.0. The number of hydrogen-bond donors (Lipinski definition) is 0. The molecule has 184 valence electrons. The molecule has 1 fully saturated rings. The van der Waals surface area contributed by atoms with Gasteiger partial charge in [-0.15, -0.1) is 15.2 Å². The van der Waals surface area contributed by atoms with Crippen molar-refractivity contribution in [2.24, 2.45) is 23.2 Å². The van der Waals surface area contributed by atoms with Crippen LogP contribution in [0.25, 0.3) is 0 Å². The zero-order valence-electron chi connectivity index (χ0n) is 22.6. The first-order valence-electron chi connectivity index (χ1n) is 12.1. The van der Waals surface area contributed by atoms with E-state index in [0.717, 1.165) is 23.5 Å². The molecule has 0 radical (unpaired) electrons. The van der Waals surface area contributed by atoms with E-state index in [0.29, 0.717) is 0 Å². The van der Waals surface area contributed by atoms with E-state index in [2.05, 4.69) is 79.3 Å². The van der Waals surface area contributed by atoms with Crippen LogP contribution in [0, 0.1) is 23.2 Å². The highest BCUT2D eigenvalue weighted by atomic mass is 32.2. The fourth-order valence-corrected chi connectivity index (χ4v) is 5.98. The molecule has 1 aliphatic carbocycles. The van der Waals surface area contributed by atoms with Gasteiger partial charge in [-0.25, -0.2) is 0 Å². The van der Waals surface area contributed by atoms with Crippen molar-refractivity contribution in [3.8, 4) is 0 Å². The van der Waals surface area contributed by atoms with Crippen molar-refractivity contribution in [1.29, 1.82) is 0 Å². The van der Waals surface area contributed by atoms with E-state index < -0.39 is 0 Å². The SMILES string of the molecule is C=C(C)C(C)(CC)C1=CC(C)CC1C.C=C(C)CSC.C=C/C=C\C.C=CC1CCPC1. The molecular formula is C30H53PS. The molecule has 0 aromatic rings. The average molecular weight is 477 g/mol. The lowest BCUT2D eigenvalue weighted by Crippen LogP contribution is -2.21. The molecule has 0 nitrogen and oxygen atoms in total. The molecular weight excluding hydrogens is 423 g/mol. The summed E-state index contributed by atoms with van der Waals surface area (Å²) < 4.78 is 0. The maximum absolute atomic E-state index is 4.16. The minimum Gasteiger partial charge on any atom is -0.161 e. The van der Waals surface area contributed by atoms with Crippen molar-refractivity contribution in [3.05, 3.63) is 73.4 Å². The summed E-state index contributed by atoms with van der Waals surface area (Å²) in [6.45, 7) is 30.5. The van der Waals surface area contributed by atoms with Crippen molar-refractivity contribution in [2.45, 2.75) is 67.7 Å². The van der Waals surface area contributed by atoms with Crippen LogP contribution in [0.2, 0.25) is 0 Å². The van der Waals surface area contributed by atoms with Crippen LogP contribution in [0.1, 0.15) is 67.7 Å². The minimum atomic E-state index is 0.240. The Bertz CT molecular complexity index is 606. The van der Waals surface area contributed by atoms with E-state index in [4.69, 9.17) is 0 Å². The van der Waals surface area contributed by atoms with Crippen LogP contribution in [0.3, 0.4) is 0 Å². The summed E-state index contributed by atoms with van der Waals surface area (Å²) in [5, 5.41) is 0. The molecule has 0 saturated carbocycles. The highest BCUT2D eigenvalue weighted by molar-refractivity contribution is 7.98. The Morgan fingerprint density at radius 3 is 2.06 bits per heavy atom. The molecule has 2 heteroatoms. The molecule has 0 bridgehead atoms. The van der Waals surface area contributed by atoms with Crippen molar-refractivity contribution in [3.63, 3.8) is 0 Å². The maximum Gasteiger partial charge on any atom is 0.0135 e. The van der Waals surface area contributed by atoms with E-state index in [-0.39, 0.29) is 5.41 Å². The Hall–Kier alpha value is -0.780. The summed E-state index contributed by atoms with van der Waals surface area (Å²) in [7, 11) is 1.22. The van der Waals surface area contributed by atoms with E-state index in [9.17, 15) is 0 Å². The number of allylic oxidation sites excluding steroid dienone is 7. The van der Waals surface area contributed by atoms with Gasteiger partial charge in [0.1, 0.15) is 0 Å². The third-order valence-corrected chi connectivity index (χ3v) is 8.39. The van der Waals surface area contributed by atoms with Crippen LogP contribution in [0.4, 0.5) is 0 Å². The van der Waals surface area contributed by atoms with Gasteiger partial charge in [0.25, 0.3) is 0 Å². The van der Waals surface area contributed by atoms with Crippen molar-refractivity contribution in [1.82, 2.24) is 0 Å². The molecule has 1 saturated heterocycles. The Labute approximate surface area is 208 Å². The molecule has 1 heterocycles. The number of thioether (sulfide) groups is 1. The van der Waals surface area contributed by atoms with E-state index in [1.54, 1.807) is 11.6 Å². The van der Waals surface area contributed by atoms with Gasteiger partial charge >= 0.3 is 0 Å². The standard InChI is InChI=1S/C14H24.C6H11P.C5H10S.C5H8/c1-7-14(6,10(2)3)13-9-11(4)8-12(13)5;1-2-6-3-4-7-5-6;1-5(2)4-6-3;1-3-5-4-2/h9,11-12H,2,7-8H2,1,3-6H3;2,6-7H,1,3-5H2;1,4H2,2-3H3;3-5H,1H2,2H3/b;;;5-4-. The fourth-order valence-electron chi connectivity index (χ4n) is 3.96. The molecule has 5 unspecified atom stereocenters. The molecule has 0 spiro atoms. The normalized spacial score (nSPS) is 24.0.